The molecule has 0 radical (unpaired) electrons. The van der Waals surface area contributed by atoms with Crippen LogP contribution in [0, 0.1) is 11.8 Å². The molecule has 2 aromatic rings. The molecule has 34 heavy (non-hydrogen) atoms. The molecule has 0 saturated carbocycles. The molecule has 0 bridgehead atoms. The van der Waals surface area contributed by atoms with E-state index >= 15 is 0 Å². The molecule has 0 aromatic heterocycles. The topological polar surface area (TPSA) is 96.4 Å². The smallest absolute Gasteiger partial charge is 0.313 e. The normalized spacial score (nSPS) is 32.3. The van der Waals surface area contributed by atoms with Gasteiger partial charge in [0.05, 0.1) is 18.6 Å². The molecule has 1 unspecified atom stereocenters. The molecule has 1 spiro atoms. The summed E-state index contributed by atoms with van der Waals surface area (Å²) in [5.41, 5.74) is -0.609. The van der Waals surface area contributed by atoms with Gasteiger partial charge in [-0.2, -0.15) is 0 Å². The van der Waals surface area contributed by atoms with E-state index in [-0.39, 0.29) is 31.6 Å². The summed E-state index contributed by atoms with van der Waals surface area (Å²) >= 11 is 0. The van der Waals surface area contributed by atoms with Crippen molar-refractivity contribution in [1.82, 2.24) is 4.90 Å². The van der Waals surface area contributed by atoms with E-state index in [1.54, 1.807) is 23.1 Å². The average Bonchev–Trinajstić information content (AvgIpc) is 3.13. The number of aliphatic hydroxyl groups is 1. The van der Waals surface area contributed by atoms with Crippen molar-refractivity contribution in [3.63, 3.8) is 0 Å². The minimum atomic E-state index is -1.31. The first-order valence-electron chi connectivity index (χ1n) is 11.5. The number of carbonyl (C=O) groups excluding carboxylic acids is 3. The van der Waals surface area contributed by atoms with Gasteiger partial charge in [0.2, 0.25) is 5.91 Å². The van der Waals surface area contributed by atoms with Crippen LogP contribution in [0.15, 0.2) is 66.8 Å². The third kappa shape index (κ3) is 2.88. The standard InChI is InChI=1S/C26H24N2O6/c29-13-12-28-22-24(31)27(18-9-8-16-5-1-2-6-17(16)15-18)11-4-10-26(22)21(23(28)30)20-19(34-26)7-3-14-33-25(20)32/h1-10,15,19-22,29H,11-14H2/t19-,20+,21+,22?,26+/m1/s1. The van der Waals surface area contributed by atoms with Crippen LogP contribution >= 0.6 is 0 Å². The van der Waals surface area contributed by atoms with Crippen LogP contribution in [0.1, 0.15) is 0 Å². The number of likely N-dealkylation sites (tertiary alicyclic amines) is 1. The number of ether oxygens (including phenoxy) is 2. The van der Waals surface area contributed by atoms with Crippen molar-refractivity contribution in [2.24, 2.45) is 11.8 Å². The van der Waals surface area contributed by atoms with Gasteiger partial charge in [-0.1, -0.05) is 48.6 Å². The van der Waals surface area contributed by atoms with Crippen molar-refractivity contribution in [1.29, 1.82) is 0 Å². The minimum Gasteiger partial charge on any atom is -0.461 e. The summed E-state index contributed by atoms with van der Waals surface area (Å²) in [7, 11) is 0. The molecule has 2 saturated heterocycles. The molecular weight excluding hydrogens is 436 g/mol. The molecule has 2 aromatic carbocycles. The van der Waals surface area contributed by atoms with Gasteiger partial charge in [0.15, 0.2) is 0 Å². The Labute approximate surface area is 196 Å². The van der Waals surface area contributed by atoms with Gasteiger partial charge in [-0.15, -0.1) is 0 Å². The van der Waals surface area contributed by atoms with E-state index in [4.69, 9.17) is 9.47 Å². The molecular formula is C26H24N2O6. The highest BCUT2D eigenvalue weighted by Crippen LogP contribution is 2.53. The number of aliphatic hydroxyl groups excluding tert-OH is 1. The Morgan fingerprint density at radius 3 is 2.68 bits per heavy atom. The van der Waals surface area contributed by atoms with Crippen molar-refractivity contribution in [3.05, 3.63) is 66.8 Å². The molecule has 8 heteroatoms. The van der Waals surface area contributed by atoms with Gasteiger partial charge < -0.3 is 24.4 Å². The monoisotopic (exact) mass is 460 g/mol. The van der Waals surface area contributed by atoms with E-state index in [0.29, 0.717) is 12.2 Å². The Morgan fingerprint density at radius 2 is 1.85 bits per heavy atom. The molecule has 4 heterocycles. The van der Waals surface area contributed by atoms with Crippen LogP contribution in [0.25, 0.3) is 10.8 Å². The first-order chi connectivity index (χ1) is 16.5. The summed E-state index contributed by atoms with van der Waals surface area (Å²) in [6.07, 6.45) is 6.39. The Balaban J connectivity index is 1.45. The Hall–Kier alpha value is -3.49. The second-order valence-corrected chi connectivity index (χ2v) is 9.04. The van der Waals surface area contributed by atoms with Gasteiger partial charge in [-0.25, -0.2) is 0 Å². The zero-order valence-corrected chi connectivity index (χ0v) is 18.4. The number of rotatable bonds is 3. The van der Waals surface area contributed by atoms with Crippen molar-refractivity contribution in [3.8, 4) is 0 Å². The highest BCUT2D eigenvalue weighted by atomic mass is 16.6. The first kappa shape index (κ1) is 21.1. The summed E-state index contributed by atoms with van der Waals surface area (Å²) < 4.78 is 11.7. The molecule has 5 atom stereocenters. The highest BCUT2D eigenvalue weighted by molar-refractivity contribution is 6.06. The van der Waals surface area contributed by atoms with E-state index in [1.165, 1.54) is 4.90 Å². The Bertz CT molecular complexity index is 1250. The number of cyclic esters (lactones) is 1. The summed E-state index contributed by atoms with van der Waals surface area (Å²) in [6.45, 7) is 0.0780. The molecule has 2 amide bonds. The number of fused-ring (bicyclic) bond motifs is 3. The van der Waals surface area contributed by atoms with E-state index in [2.05, 4.69) is 0 Å². The zero-order valence-electron chi connectivity index (χ0n) is 18.4. The highest BCUT2D eigenvalue weighted by Gasteiger charge is 2.71. The number of hydrogen-bond acceptors (Lipinski definition) is 6. The third-order valence-electron chi connectivity index (χ3n) is 7.30. The summed E-state index contributed by atoms with van der Waals surface area (Å²) in [4.78, 5) is 43.5. The molecule has 8 nitrogen and oxygen atoms in total. The summed E-state index contributed by atoms with van der Waals surface area (Å²) in [5.74, 6) is -2.94. The van der Waals surface area contributed by atoms with Gasteiger partial charge in [0.1, 0.15) is 24.2 Å². The summed E-state index contributed by atoms with van der Waals surface area (Å²) in [6, 6.07) is 12.7. The van der Waals surface area contributed by atoms with E-state index in [9.17, 15) is 19.5 Å². The lowest BCUT2D eigenvalue weighted by Crippen LogP contribution is -2.55. The van der Waals surface area contributed by atoms with Gasteiger partial charge in [0, 0.05) is 18.8 Å². The van der Waals surface area contributed by atoms with Crippen LogP contribution in [0.4, 0.5) is 5.69 Å². The second kappa shape index (κ2) is 7.78. The zero-order chi connectivity index (χ0) is 23.4. The van der Waals surface area contributed by atoms with Gasteiger partial charge in [-0.05, 0) is 29.0 Å². The number of anilines is 1. The third-order valence-corrected chi connectivity index (χ3v) is 7.30. The van der Waals surface area contributed by atoms with E-state index in [1.807, 2.05) is 48.5 Å². The van der Waals surface area contributed by atoms with Crippen LogP contribution in [0.5, 0.6) is 0 Å². The first-order valence-corrected chi connectivity index (χ1v) is 11.5. The number of β-amino-alcohol motifs (C(OH)–C–C–N with tert-alkyl or cyclic N) is 1. The van der Waals surface area contributed by atoms with Crippen LogP contribution in [-0.4, -0.2) is 71.8 Å². The van der Waals surface area contributed by atoms with Crippen LogP contribution in [0.3, 0.4) is 0 Å². The van der Waals surface area contributed by atoms with Crippen molar-refractivity contribution >= 4 is 34.2 Å². The predicted molar refractivity (Wildman–Crippen MR) is 123 cm³/mol. The maximum Gasteiger partial charge on any atom is 0.313 e. The SMILES string of the molecule is O=C1OCC=C[C@H]2O[C@]34C=CCN(c5ccc6ccccc6c5)C(=O)C3N(CCO)C(=O)[C@@H]4[C@@H]12. The lowest BCUT2D eigenvalue weighted by Gasteiger charge is -2.35. The fourth-order valence-electron chi connectivity index (χ4n) is 5.89. The molecule has 4 aliphatic rings. The number of esters is 1. The number of hydrogen-bond donors (Lipinski definition) is 1. The van der Waals surface area contributed by atoms with Gasteiger partial charge in [-0.3, -0.25) is 14.4 Å². The number of nitrogens with zero attached hydrogens (tertiary/aromatic N) is 2. The average molecular weight is 460 g/mol. The largest absolute Gasteiger partial charge is 0.461 e. The fourth-order valence-corrected chi connectivity index (χ4v) is 5.89. The van der Waals surface area contributed by atoms with Crippen molar-refractivity contribution in [2.45, 2.75) is 17.7 Å². The molecule has 2 fully saturated rings. The van der Waals surface area contributed by atoms with E-state index in [0.717, 1.165) is 10.8 Å². The van der Waals surface area contributed by atoms with Crippen molar-refractivity contribution < 1.29 is 29.0 Å². The minimum absolute atomic E-state index is 0.0292. The fraction of sp³-hybridized carbons (Fsp3) is 0.346. The second-order valence-electron chi connectivity index (χ2n) is 9.04. The Morgan fingerprint density at radius 1 is 1.03 bits per heavy atom. The van der Waals surface area contributed by atoms with Gasteiger partial charge >= 0.3 is 5.97 Å². The molecule has 6 rings (SSSR count). The molecule has 0 aliphatic carbocycles. The molecule has 4 aliphatic heterocycles. The number of amides is 2. The Kier molecular flexibility index (Phi) is 4.82. The molecule has 1 N–H and O–H groups in total. The quantitative estimate of drug-likeness (QED) is 0.550. The number of carbonyl (C=O) groups is 3. The van der Waals surface area contributed by atoms with Gasteiger partial charge in [0.25, 0.3) is 5.91 Å². The number of benzene rings is 2. The maximum absolute atomic E-state index is 14.1. The van der Waals surface area contributed by atoms with Crippen LogP contribution in [-0.2, 0) is 23.9 Å². The van der Waals surface area contributed by atoms with Crippen LogP contribution in [0.2, 0.25) is 0 Å². The predicted octanol–water partition coefficient (Wildman–Crippen LogP) is 1.43. The van der Waals surface area contributed by atoms with Crippen molar-refractivity contribution in [2.75, 3.05) is 31.2 Å². The van der Waals surface area contributed by atoms with Crippen LogP contribution < -0.4 is 4.90 Å². The maximum atomic E-state index is 14.1. The van der Waals surface area contributed by atoms with E-state index < -0.39 is 35.6 Å². The lowest BCUT2D eigenvalue weighted by molar-refractivity contribution is -0.152. The molecule has 174 valence electrons. The summed E-state index contributed by atoms with van der Waals surface area (Å²) in [5, 5.41) is 11.8. The lowest BCUT2D eigenvalue weighted by atomic mass is 9.78.